The normalized spacial score (nSPS) is 24.4. The summed E-state index contributed by atoms with van der Waals surface area (Å²) in [5, 5.41) is 3.69. The maximum Gasteiger partial charge on any atom is 0.133 e. The van der Waals surface area contributed by atoms with Crippen LogP contribution in [-0.4, -0.2) is 13.7 Å². The van der Waals surface area contributed by atoms with Crippen molar-refractivity contribution in [3.63, 3.8) is 0 Å². The van der Waals surface area contributed by atoms with Crippen molar-refractivity contribution in [1.82, 2.24) is 5.32 Å². The lowest BCUT2D eigenvalue weighted by Crippen LogP contribution is -2.28. The van der Waals surface area contributed by atoms with E-state index >= 15 is 0 Å². The van der Waals surface area contributed by atoms with E-state index in [4.69, 9.17) is 4.74 Å². The highest BCUT2D eigenvalue weighted by Gasteiger charge is 2.18. The molecule has 3 heteroatoms. The zero-order chi connectivity index (χ0) is 14.5. The first kappa shape index (κ1) is 15.8. The average Bonchev–Trinajstić information content (AvgIpc) is 2.46. The highest BCUT2D eigenvalue weighted by Crippen LogP contribution is 2.30. The Bertz CT molecular complexity index is 427. The summed E-state index contributed by atoms with van der Waals surface area (Å²) in [6, 6.07) is 6.71. The Kier molecular flexibility index (Phi) is 5.91. The molecule has 0 aliphatic heterocycles. The fourth-order valence-electron chi connectivity index (χ4n) is 2.95. The van der Waals surface area contributed by atoms with E-state index in [-0.39, 0.29) is 0 Å². The van der Waals surface area contributed by atoms with E-state index in [0.717, 1.165) is 28.6 Å². The molecule has 0 bridgehead atoms. The van der Waals surface area contributed by atoms with Gasteiger partial charge in [0.2, 0.25) is 0 Å². The van der Waals surface area contributed by atoms with Gasteiger partial charge in [-0.3, -0.25) is 0 Å². The van der Waals surface area contributed by atoms with Gasteiger partial charge in [0.05, 0.1) is 11.6 Å². The van der Waals surface area contributed by atoms with Crippen molar-refractivity contribution in [2.75, 3.05) is 13.7 Å². The smallest absolute Gasteiger partial charge is 0.133 e. The molecule has 1 saturated carbocycles. The van der Waals surface area contributed by atoms with Crippen LogP contribution in [0.1, 0.15) is 51.1 Å². The molecular formula is C17H26BrNO. The lowest BCUT2D eigenvalue weighted by atomic mass is 9.83. The molecular weight excluding hydrogens is 314 g/mol. The van der Waals surface area contributed by atoms with Crippen molar-refractivity contribution in [2.24, 2.45) is 11.8 Å². The van der Waals surface area contributed by atoms with Crippen LogP contribution in [-0.2, 0) is 0 Å². The van der Waals surface area contributed by atoms with E-state index in [2.05, 4.69) is 47.2 Å². The molecule has 1 aromatic carbocycles. The Balaban J connectivity index is 1.85. The average molecular weight is 340 g/mol. The van der Waals surface area contributed by atoms with Crippen LogP contribution in [0.3, 0.4) is 0 Å². The molecule has 1 aliphatic carbocycles. The second-order valence-corrected chi connectivity index (χ2v) is 7.00. The maximum atomic E-state index is 5.28. The largest absolute Gasteiger partial charge is 0.496 e. The number of hydrogen-bond donors (Lipinski definition) is 1. The first-order valence-electron chi connectivity index (χ1n) is 7.67. The summed E-state index contributed by atoms with van der Waals surface area (Å²) in [6.45, 7) is 5.75. The van der Waals surface area contributed by atoms with Gasteiger partial charge in [0.1, 0.15) is 5.75 Å². The van der Waals surface area contributed by atoms with Crippen LogP contribution >= 0.6 is 15.9 Å². The van der Waals surface area contributed by atoms with Crippen LogP contribution in [0.25, 0.3) is 0 Å². The molecule has 1 aliphatic rings. The first-order valence-corrected chi connectivity index (χ1v) is 8.46. The van der Waals surface area contributed by atoms with Crippen molar-refractivity contribution in [3.05, 3.63) is 28.2 Å². The van der Waals surface area contributed by atoms with Gasteiger partial charge in [0, 0.05) is 6.04 Å². The Hall–Kier alpha value is -0.540. The second kappa shape index (κ2) is 7.46. The Morgan fingerprint density at radius 1 is 1.30 bits per heavy atom. The predicted octanol–water partition coefficient (Wildman–Crippen LogP) is 4.93. The summed E-state index contributed by atoms with van der Waals surface area (Å²) >= 11 is 3.56. The van der Waals surface area contributed by atoms with Crippen LogP contribution in [0.5, 0.6) is 5.75 Å². The third-order valence-corrected chi connectivity index (χ3v) is 5.14. The summed E-state index contributed by atoms with van der Waals surface area (Å²) in [6.07, 6.45) is 5.56. The Labute approximate surface area is 131 Å². The van der Waals surface area contributed by atoms with Gasteiger partial charge in [0.15, 0.2) is 0 Å². The highest BCUT2D eigenvalue weighted by atomic mass is 79.9. The molecule has 0 radical (unpaired) electrons. The molecule has 112 valence electrons. The lowest BCUT2D eigenvalue weighted by Gasteiger charge is -2.27. The minimum atomic E-state index is 0.386. The Morgan fingerprint density at radius 2 is 2.00 bits per heavy atom. The number of benzene rings is 1. The van der Waals surface area contributed by atoms with Gasteiger partial charge < -0.3 is 10.1 Å². The van der Waals surface area contributed by atoms with Gasteiger partial charge in [-0.25, -0.2) is 0 Å². The quantitative estimate of drug-likeness (QED) is 0.820. The number of rotatable bonds is 5. The third-order valence-electron chi connectivity index (χ3n) is 4.52. The van der Waals surface area contributed by atoms with E-state index in [1.165, 1.54) is 31.2 Å². The Morgan fingerprint density at radius 3 is 2.60 bits per heavy atom. The summed E-state index contributed by atoms with van der Waals surface area (Å²) < 4.78 is 6.30. The molecule has 2 rings (SSSR count). The zero-order valence-electron chi connectivity index (χ0n) is 12.8. The van der Waals surface area contributed by atoms with Crippen LogP contribution in [0.15, 0.2) is 22.7 Å². The third kappa shape index (κ3) is 4.23. The summed E-state index contributed by atoms with van der Waals surface area (Å²) in [5.41, 5.74) is 1.31. The number of hydrogen-bond acceptors (Lipinski definition) is 2. The van der Waals surface area contributed by atoms with E-state index in [0.29, 0.717) is 6.04 Å². The van der Waals surface area contributed by atoms with Crippen molar-refractivity contribution in [1.29, 1.82) is 0 Å². The van der Waals surface area contributed by atoms with Crippen molar-refractivity contribution in [2.45, 2.75) is 45.6 Å². The number of ether oxygens (including phenoxy) is 1. The number of halogens is 1. The van der Waals surface area contributed by atoms with Crippen molar-refractivity contribution in [3.8, 4) is 5.75 Å². The molecule has 1 aromatic rings. The molecule has 0 aromatic heterocycles. The van der Waals surface area contributed by atoms with Gasteiger partial charge in [0.25, 0.3) is 0 Å². The van der Waals surface area contributed by atoms with Crippen LogP contribution in [0.2, 0.25) is 0 Å². The molecule has 1 unspecified atom stereocenters. The summed E-state index contributed by atoms with van der Waals surface area (Å²) in [7, 11) is 1.70. The fourth-order valence-corrected chi connectivity index (χ4v) is 3.50. The van der Waals surface area contributed by atoms with Crippen molar-refractivity contribution >= 4 is 15.9 Å². The predicted molar refractivity (Wildman–Crippen MR) is 88.2 cm³/mol. The lowest BCUT2D eigenvalue weighted by molar-refractivity contribution is 0.276. The van der Waals surface area contributed by atoms with Gasteiger partial charge >= 0.3 is 0 Å². The minimum Gasteiger partial charge on any atom is -0.496 e. The van der Waals surface area contributed by atoms with E-state index in [9.17, 15) is 0 Å². The monoisotopic (exact) mass is 339 g/mol. The van der Waals surface area contributed by atoms with Gasteiger partial charge in [-0.15, -0.1) is 0 Å². The number of nitrogens with one attached hydrogen (secondary N) is 1. The summed E-state index contributed by atoms with van der Waals surface area (Å²) in [4.78, 5) is 0. The molecule has 1 atom stereocenters. The standard InChI is InChI=1S/C17H26BrNO/c1-12-4-6-14(7-5-12)11-19-13(2)15-8-9-17(20-3)16(18)10-15/h8-10,12-14,19H,4-7,11H2,1-3H3. The van der Waals surface area contributed by atoms with Gasteiger partial charge in [-0.2, -0.15) is 0 Å². The molecule has 1 N–H and O–H groups in total. The maximum absolute atomic E-state index is 5.28. The summed E-state index contributed by atoms with van der Waals surface area (Å²) in [5.74, 6) is 2.68. The molecule has 0 saturated heterocycles. The molecule has 1 fully saturated rings. The van der Waals surface area contributed by atoms with E-state index < -0.39 is 0 Å². The van der Waals surface area contributed by atoms with Crippen LogP contribution in [0, 0.1) is 11.8 Å². The first-order chi connectivity index (χ1) is 9.60. The SMILES string of the molecule is COc1ccc(C(C)NCC2CCC(C)CC2)cc1Br. The topological polar surface area (TPSA) is 21.3 Å². The highest BCUT2D eigenvalue weighted by molar-refractivity contribution is 9.10. The number of methoxy groups -OCH3 is 1. The van der Waals surface area contributed by atoms with E-state index in [1.54, 1.807) is 7.11 Å². The van der Waals surface area contributed by atoms with Gasteiger partial charge in [-0.1, -0.05) is 25.8 Å². The fraction of sp³-hybridized carbons (Fsp3) is 0.647. The molecule has 2 nitrogen and oxygen atoms in total. The molecule has 0 heterocycles. The second-order valence-electron chi connectivity index (χ2n) is 6.15. The van der Waals surface area contributed by atoms with Crippen LogP contribution in [0.4, 0.5) is 0 Å². The minimum absolute atomic E-state index is 0.386. The zero-order valence-corrected chi connectivity index (χ0v) is 14.4. The molecule has 0 amide bonds. The van der Waals surface area contributed by atoms with E-state index in [1.807, 2.05) is 6.07 Å². The molecule has 20 heavy (non-hydrogen) atoms. The molecule has 0 spiro atoms. The van der Waals surface area contributed by atoms with Gasteiger partial charge in [-0.05, 0) is 71.8 Å². The van der Waals surface area contributed by atoms with Crippen LogP contribution < -0.4 is 10.1 Å². The van der Waals surface area contributed by atoms with Crippen molar-refractivity contribution < 1.29 is 4.74 Å².